The molecule has 136 valence electrons. The van der Waals surface area contributed by atoms with Gasteiger partial charge in [-0.3, -0.25) is 9.59 Å². The summed E-state index contributed by atoms with van der Waals surface area (Å²) < 4.78 is 10.7. The first kappa shape index (κ1) is 17.6. The molecule has 2 aliphatic carbocycles. The molecule has 1 aromatic carbocycles. The van der Waals surface area contributed by atoms with Gasteiger partial charge in [-0.05, 0) is 37.5 Å². The molecule has 2 atom stereocenters. The molecule has 0 radical (unpaired) electrons. The average Bonchev–Trinajstić information content (AvgIpc) is 3.27. The Morgan fingerprint density at radius 3 is 2.56 bits per heavy atom. The van der Waals surface area contributed by atoms with Crippen LogP contribution in [0.15, 0.2) is 18.2 Å². The van der Waals surface area contributed by atoms with E-state index in [1.54, 1.807) is 14.2 Å². The minimum atomic E-state index is -0.857. The van der Waals surface area contributed by atoms with Crippen molar-refractivity contribution in [2.75, 3.05) is 14.2 Å². The lowest BCUT2D eigenvalue weighted by Crippen LogP contribution is -2.48. The van der Waals surface area contributed by atoms with Crippen molar-refractivity contribution in [1.82, 2.24) is 5.32 Å². The maximum Gasteiger partial charge on any atom is 0.305 e. The Morgan fingerprint density at radius 1 is 1.24 bits per heavy atom. The predicted octanol–water partition coefficient (Wildman–Crippen LogP) is 2.71. The summed E-state index contributed by atoms with van der Waals surface area (Å²) in [5.74, 6) is 0.546. The summed E-state index contributed by atoms with van der Waals surface area (Å²) in [4.78, 5) is 23.9. The number of hydrogen-bond donors (Lipinski definition) is 2. The van der Waals surface area contributed by atoms with Crippen molar-refractivity contribution in [3.05, 3.63) is 23.8 Å². The van der Waals surface area contributed by atoms with E-state index in [1.807, 2.05) is 18.2 Å². The predicted molar refractivity (Wildman–Crippen MR) is 92.0 cm³/mol. The number of carboxylic acids is 1. The fourth-order valence-electron chi connectivity index (χ4n) is 4.00. The molecule has 0 aliphatic heterocycles. The van der Waals surface area contributed by atoms with Crippen LogP contribution in [0.3, 0.4) is 0 Å². The first-order chi connectivity index (χ1) is 12.0. The molecule has 1 aromatic rings. The van der Waals surface area contributed by atoms with Crippen LogP contribution in [-0.2, 0) is 9.59 Å². The van der Waals surface area contributed by atoms with Crippen molar-refractivity contribution in [2.24, 2.45) is 5.92 Å². The number of amides is 1. The van der Waals surface area contributed by atoms with E-state index in [4.69, 9.17) is 9.47 Å². The first-order valence-corrected chi connectivity index (χ1v) is 8.74. The van der Waals surface area contributed by atoms with Crippen LogP contribution < -0.4 is 14.8 Å². The number of benzene rings is 1. The van der Waals surface area contributed by atoms with Crippen LogP contribution in [-0.4, -0.2) is 36.7 Å². The van der Waals surface area contributed by atoms with Gasteiger partial charge in [-0.1, -0.05) is 12.8 Å². The van der Waals surface area contributed by atoms with Gasteiger partial charge >= 0.3 is 5.97 Å². The zero-order chi connectivity index (χ0) is 18.0. The molecule has 6 heteroatoms. The van der Waals surface area contributed by atoms with E-state index in [0.717, 1.165) is 49.2 Å². The second-order valence-corrected chi connectivity index (χ2v) is 7.10. The number of ether oxygens (including phenoxy) is 2. The second-order valence-electron chi connectivity index (χ2n) is 7.10. The standard InChI is InChI=1S/C19H25NO5/c1-24-12-5-6-16(25-2)14(9-12)13-10-15(13)18(23)20-19(11-17(21)22)7-3-4-8-19/h5-6,9,13,15H,3-4,7-8,10-11H2,1-2H3,(H,20,23)(H,21,22). The van der Waals surface area contributed by atoms with E-state index < -0.39 is 11.5 Å². The van der Waals surface area contributed by atoms with Gasteiger partial charge in [0, 0.05) is 17.4 Å². The Bertz CT molecular complexity index is 666. The Balaban J connectivity index is 1.71. The summed E-state index contributed by atoms with van der Waals surface area (Å²) in [5.41, 5.74) is 0.398. The monoisotopic (exact) mass is 347 g/mol. The third-order valence-corrected chi connectivity index (χ3v) is 5.40. The highest BCUT2D eigenvalue weighted by molar-refractivity contribution is 5.84. The number of hydrogen-bond acceptors (Lipinski definition) is 4. The van der Waals surface area contributed by atoms with Gasteiger partial charge in [0.15, 0.2) is 0 Å². The molecule has 2 fully saturated rings. The Morgan fingerprint density at radius 2 is 1.96 bits per heavy atom. The van der Waals surface area contributed by atoms with Gasteiger partial charge in [-0.25, -0.2) is 0 Å². The van der Waals surface area contributed by atoms with Crippen LogP contribution in [0.4, 0.5) is 0 Å². The van der Waals surface area contributed by atoms with Crippen molar-refractivity contribution in [1.29, 1.82) is 0 Å². The SMILES string of the molecule is COc1ccc(OC)c(C2CC2C(=O)NC2(CC(=O)O)CCCC2)c1. The maximum absolute atomic E-state index is 12.7. The van der Waals surface area contributed by atoms with Gasteiger partial charge in [0.25, 0.3) is 0 Å². The Hall–Kier alpha value is -2.24. The summed E-state index contributed by atoms with van der Waals surface area (Å²) in [7, 11) is 3.22. The quantitative estimate of drug-likeness (QED) is 0.792. The van der Waals surface area contributed by atoms with Crippen LogP contribution in [0.5, 0.6) is 11.5 Å². The molecule has 0 bridgehead atoms. The molecule has 1 amide bonds. The van der Waals surface area contributed by atoms with E-state index in [0.29, 0.717) is 0 Å². The van der Waals surface area contributed by atoms with Gasteiger partial charge in [0.05, 0.1) is 26.2 Å². The van der Waals surface area contributed by atoms with Crippen LogP contribution in [0, 0.1) is 5.92 Å². The van der Waals surface area contributed by atoms with Crippen LogP contribution >= 0.6 is 0 Å². The number of rotatable bonds is 7. The van der Waals surface area contributed by atoms with E-state index in [1.165, 1.54) is 0 Å². The third-order valence-electron chi connectivity index (χ3n) is 5.40. The summed E-state index contributed by atoms with van der Waals surface area (Å²) >= 11 is 0. The van der Waals surface area contributed by atoms with Crippen LogP contribution in [0.1, 0.15) is 50.0 Å². The van der Waals surface area contributed by atoms with E-state index in [9.17, 15) is 14.7 Å². The highest BCUT2D eigenvalue weighted by atomic mass is 16.5. The number of aliphatic carboxylic acids is 1. The largest absolute Gasteiger partial charge is 0.497 e. The molecule has 2 N–H and O–H groups in total. The number of carbonyl (C=O) groups is 2. The number of carboxylic acid groups (broad SMARTS) is 1. The van der Waals surface area contributed by atoms with Crippen molar-refractivity contribution in [3.63, 3.8) is 0 Å². The van der Waals surface area contributed by atoms with E-state index in [2.05, 4.69) is 5.32 Å². The summed E-state index contributed by atoms with van der Waals surface area (Å²) in [5, 5.41) is 12.2. The lowest BCUT2D eigenvalue weighted by molar-refractivity contribution is -0.139. The molecule has 6 nitrogen and oxygen atoms in total. The summed E-state index contributed by atoms with van der Waals surface area (Å²) in [6, 6.07) is 5.60. The van der Waals surface area contributed by atoms with Crippen molar-refractivity contribution in [2.45, 2.75) is 50.0 Å². The smallest absolute Gasteiger partial charge is 0.305 e. The van der Waals surface area contributed by atoms with Gasteiger partial charge in [-0.2, -0.15) is 0 Å². The maximum atomic E-state index is 12.7. The molecule has 0 aromatic heterocycles. The van der Waals surface area contributed by atoms with Gasteiger partial charge in [0.1, 0.15) is 11.5 Å². The van der Waals surface area contributed by atoms with Crippen LogP contribution in [0.25, 0.3) is 0 Å². The minimum absolute atomic E-state index is 0.00138. The fraction of sp³-hybridized carbons (Fsp3) is 0.579. The molecule has 2 aliphatic rings. The number of nitrogens with one attached hydrogen (secondary N) is 1. The van der Waals surface area contributed by atoms with Gasteiger partial charge < -0.3 is 19.9 Å². The second kappa shape index (κ2) is 6.94. The Kier molecular flexibility index (Phi) is 4.88. The van der Waals surface area contributed by atoms with Crippen molar-refractivity contribution >= 4 is 11.9 Å². The highest BCUT2D eigenvalue weighted by Gasteiger charge is 2.48. The summed E-state index contributed by atoms with van der Waals surface area (Å²) in [6.07, 6.45) is 4.16. The first-order valence-electron chi connectivity index (χ1n) is 8.74. The summed E-state index contributed by atoms with van der Waals surface area (Å²) in [6.45, 7) is 0. The zero-order valence-electron chi connectivity index (χ0n) is 14.7. The van der Waals surface area contributed by atoms with Crippen LogP contribution in [0.2, 0.25) is 0 Å². The fourth-order valence-corrected chi connectivity index (χ4v) is 4.00. The van der Waals surface area contributed by atoms with Crippen molar-refractivity contribution < 1.29 is 24.2 Å². The molecule has 0 spiro atoms. The minimum Gasteiger partial charge on any atom is -0.497 e. The third kappa shape index (κ3) is 3.72. The molecule has 2 unspecified atom stereocenters. The molecule has 2 saturated carbocycles. The lowest BCUT2D eigenvalue weighted by atomic mass is 9.92. The van der Waals surface area contributed by atoms with E-state index in [-0.39, 0.29) is 24.2 Å². The molecule has 3 rings (SSSR count). The van der Waals surface area contributed by atoms with Gasteiger partial charge in [0.2, 0.25) is 5.91 Å². The number of methoxy groups -OCH3 is 2. The average molecular weight is 347 g/mol. The number of carbonyl (C=O) groups excluding carboxylic acids is 1. The Labute approximate surface area is 147 Å². The molecule has 25 heavy (non-hydrogen) atoms. The molecular formula is C19H25NO5. The molecule has 0 saturated heterocycles. The van der Waals surface area contributed by atoms with Gasteiger partial charge in [-0.15, -0.1) is 0 Å². The van der Waals surface area contributed by atoms with Crippen molar-refractivity contribution in [3.8, 4) is 11.5 Å². The molecular weight excluding hydrogens is 322 g/mol. The lowest BCUT2D eigenvalue weighted by Gasteiger charge is -2.28. The molecule has 0 heterocycles. The zero-order valence-corrected chi connectivity index (χ0v) is 14.7. The topological polar surface area (TPSA) is 84.9 Å². The highest BCUT2D eigenvalue weighted by Crippen LogP contribution is 2.51. The normalized spacial score (nSPS) is 23.8. The van der Waals surface area contributed by atoms with E-state index >= 15 is 0 Å².